The average molecular weight is 398 g/mol. The number of carbonyl (C=O) groups excluding carboxylic acids is 1. The second kappa shape index (κ2) is 8.27. The molecule has 0 unspecified atom stereocenters. The molecule has 0 saturated heterocycles. The van der Waals surface area contributed by atoms with Crippen LogP contribution in [0.15, 0.2) is 79.3 Å². The summed E-state index contributed by atoms with van der Waals surface area (Å²) in [5.41, 5.74) is 14.5. The van der Waals surface area contributed by atoms with E-state index in [2.05, 4.69) is 20.3 Å². The van der Waals surface area contributed by atoms with E-state index in [1.165, 1.54) is 18.6 Å². The summed E-state index contributed by atoms with van der Waals surface area (Å²) in [5.74, 6) is 1.10. The van der Waals surface area contributed by atoms with Gasteiger partial charge < -0.3 is 21.5 Å². The smallest absolute Gasteiger partial charge is 0.267 e. The SMILES string of the molecule is NC(=O)c1cc(Oc2ccc(Nc3cc(-c4ccccc4N)ncn3)cc2)ccn1. The Hall–Kier alpha value is -4.46. The first-order valence-corrected chi connectivity index (χ1v) is 9.06. The fraction of sp³-hybridized carbons (Fsp3) is 0. The highest BCUT2D eigenvalue weighted by Gasteiger charge is 2.07. The highest BCUT2D eigenvalue weighted by atomic mass is 16.5. The number of nitrogens with zero attached hydrogens (tertiary/aromatic N) is 3. The van der Waals surface area contributed by atoms with Gasteiger partial charge in [-0.05, 0) is 36.4 Å². The number of hydrogen-bond donors (Lipinski definition) is 3. The number of nitrogens with one attached hydrogen (secondary N) is 1. The molecular formula is C22H18N6O2. The Bertz CT molecular complexity index is 1190. The molecule has 0 radical (unpaired) electrons. The lowest BCUT2D eigenvalue weighted by Gasteiger charge is -2.10. The van der Waals surface area contributed by atoms with Crippen molar-refractivity contribution in [3.05, 3.63) is 84.9 Å². The number of nitrogen functional groups attached to an aromatic ring is 1. The molecule has 0 spiro atoms. The number of hydrogen-bond acceptors (Lipinski definition) is 7. The zero-order chi connectivity index (χ0) is 20.9. The van der Waals surface area contributed by atoms with Crippen LogP contribution in [0.3, 0.4) is 0 Å². The normalized spacial score (nSPS) is 10.4. The van der Waals surface area contributed by atoms with Crippen LogP contribution in [-0.2, 0) is 0 Å². The Morgan fingerprint density at radius 1 is 0.900 bits per heavy atom. The van der Waals surface area contributed by atoms with Gasteiger partial charge in [-0.2, -0.15) is 0 Å². The van der Waals surface area contributed by atoms with Gasteiger partial charge in [0, 0.05) is 35.3 Å². The molecule has 4 rings (SSSR count). The number of para-hydroxylation sites is 1. The molecule has 1 amide bonds. The maximum Gasteiger partial charge on any atom is 0.267 e. The van der Waals surface area contributed by atoms with Crippen molar-refractivity contribution in [1.29, 1.82) is 0 Å². The van der Waals surface area contributed by atoms with Crippen molar-refractivity contribution in [1.82, 2.24) is 15.0 Å². The molecule has 0 atom stereocenters. The van der Waals surface area contributed by atoms with Crippen LogP contribution < -0.4 is 21.5 Å². The Morgan fingerprint density at radius 2 is 1.70 bits per heavy atom. The Kier molecular flexibility index (Phi) is 5.21. The van der Waals surface area contributed by atoms with Crippen molar-refractivity contribution in [2.75, 3.05) is 11.1 Å². The molecule has 30 heavy (non-hydrogen) atoms. The molecular weight excluding hydrogens is 380 g/mol. The molecule has 0 aliphatic heterocycles. The number of ether oxygens (including phenoxy) is 1. The third kappa shape index (κ3) is 4.33. The molecule has 5 N–H and O–H groups in total. The summed E-state index contributed by atoms with van der Waals surface area (Å²) in [5, 5.41) is 3.23. The van der Waals surface area contributed by atoms with Crippen LogP contribution in [0.25, 0.3) is 11.3 Å². The number of benzene rings is 2. The summed E-state index contributed by atoms with van der Waals surface area (Å²) in [4.78, 5) is 23.7. The summed E-state index contributed by atoms with van der Waals surface area (Å²) in [6.07, 6.45) is 2.96. The van der Waals surface area contributed by atoms with Crippen LogP contribution >= 0.6 is 0 Å². The number of amides is 1. The fourth-order valence-electron chi connectivity index (χ4n) is 2.80. The summed E-state index contributed by atoms with van der Waals surface area (Å²) < 4.78 is 5.75. The molecule has 0 saturated carbocycles. The number of pyridine rings is 1. The predicted octanol–water partition coefficient (Wildman–Crippen LogP) is 3.76. The third-order valence-corrected chi connectivity index (χ3v) is 4.25. The lowest BCUT2D eigenvalue weighted by atomic mass is 10.1. The van der Waals surface area contributed by atoms with Crippen molar-refractivity contribution >= 4 is 23.1 Å². The van der Waals surface area contributed by atoms with Gasteiger partial charge >= 0.3 is 0 Å². The largest absolute Gasteiger partial charge is 0.457 e. The molecule has 0 aliphatic carbocycles. The minimum Gasteiger partial charge on any atom is -0.457 e. The molecule has 8 heteroatoms. The van der Waals surface area contributed by atoms with Crippen molar-refractivity contribution in [2.24, 2.45) is 5.73 Å². The Labute approximate surface area is 172 Å². The molecule has 2 aromatic carbocycles. The van der Waals surface area contributed by atoms with E-state index in [1.54, 1.807) is 18.2 Å². The van der Waals surface area contributed by atoms with Crippen LogP contribution in [0.4, 0.5) is 17.2 Å². The van der Waals surface area contributed by atoms with Crippen LogP contribution in [0.5, 0.6) is 11.5 Å². The van der Waals surface area contributed by atoms with Crippen molar-refractivity contribution < 1.29 is 9.53 Å². The van der Waals surface area contributed by atoms with Crippen molar-refractivity contribution in [2.45, 2.75) is 0 Å². The van der Waals surface area contributed by atoms with Gasteiger partial charge in [-0.25, -0.2) is 9.97 Å². The van der Waals surface area contributed by atoms with E-state index in [9.17, 15) is 4.79 Å². The monoisotopic (exact) mass is 398 g/mol. The number of rotatable bonds is 6. The van der Waals surface area contributed by atoms with E-state index in [0.29, 0.717) is 23.0 Å². The van der Waals surface area contributed by atoms with Gasteiger partial charge in [-0.15, -0.1) is 0 Å². The van der Waals surface area contributed by atoms with E-state index >= 15 is 0 Å². The molecule has 0 fully saturated rings. The minimum atomic E-state index is -0.610. The predicted molar refractivity (Wildman–Crippen MR) is 114 cm³/mol. The summed E-state index contributed by atoms with van der Waals surface area (Å²) in [7, 11) is 0. The lowest BCUT2D eigenvalue weighted by molar-refractivity contribution is 0.0995. The zero-order valence-corrected chi connectivity index (χ0v) is 15.8. The zero-order valence-electron chi connectivity index (χ0n) is 15.8. The first-order chi connectivity index (χ1) is 14.6. The molecule has 2 heterocycles. The van der Waals surface area contributed by atoms with Gasteiger partial charge in [0.05, 0.1) is 5.69 Å². The molecule has 2 aromatic heterocycles. The lowest BCUT2D eigenvalue weighted by Crippen LogP contribution is -2.12. The van der Waals surface area contributed by atoms with Crippen molar-refractivity contribution in [3.8, 4) is 22.8 Å². The maximum atomic E-state index is 11.2. The van der Waals surface area contributed by atoms with E-state index < -0.39 is 5.91 Å². The molecule has 4 aromatic rings. The van der Waals surface area contributed by atoms with Crippen LogP contribution in [0.2, 0.25) is 0 Å². The molecule has 8 nitrogen and oxygen atoms in total. The first-order valence-electron chi connectivity index (χ1n) is 9.06. The number of nitrogens with two attached hydrogens (primary N) is 2. The summed E-state index contributed by atoms with van der Waals surface area (Å²) in [6.45, 7) is 0. The topological polar surface area (TPSA) is 129 Å². The second-order valence-corrected chi connectivity index (χ2v) is 6.37. The average Bonchev–Trinajstić information content (AvgIpc) is 2.76. The molecule has 0 bridgehead atoms. The number of aromatic nitrogens is 3. The van der Waals surface area contributed by atoms with Crippen LogP contribution in [-0.4, -0.2) is 20.9 Å². The number of anilines is 3. The number of primary amides is 1. The highest BCUT2D eigenvalue weighted by Crippen LogP contribution is 2.27. The fourth-order valence-corrected chi connectivity index (χ4v) is 2.80. The quantitative estimate of drug-likeness (QED) is 0.422. The van der Waals surface area contributed by atoms with Gasteiger partial charge in [-0.3, -0.25) is 9.78 Å². The van der Waals surface area contributed by atoms with E-state index in [-0.39, 0.29) is 5.69 Å². The van der Waals surface area contributed by atoms with Crippen LogP contribution in [0.1, 0.15) is 10.5 Å². The maximum absolute atomic E-state index is 11.2. The summed E-state index contributed by atoms with van der Waals surface area (Å²) >= 11 is 0. The van der Waals surface area contributed by atoms with Gasteiger partial charge in [-0.1, -0.05) is 18.2 Å². The molecule has 0 aliphatic rings. The van der Waals surface area contributed by atoms with E-state index in [4.69, 9.17) is 16.2 Å². The summed E-state index contributed by atoms with van der Waals surface area (Å²) in [6, 6.07) is 19.8. The number of carbonyl (C=O) groups is 1. The van der Waals surface area contributed by atoms with Gasteiger partial charge in [0.1, 0.15) is 29.3 Å². The first kappa shape index (κ1) is 18.9. The van der Waals surface area contributed by atoms with E-state index in [1.807, 2.05) is 42.5 Å². The third-order valence-electron chi connectivity index (χ3n) is 4.25. The minimum absolute atomic E-state index is 0.143. The Balaban J connectivity index is 1.48. The van der Waals surface area contributed by atoms with Crippen LogP contribution in [0, 0.1) is 0 Å². The van der Waals surface area contributed by atoms with Crippen molar-refractivity contribution in [3.63, 3.8) is 0 Å². The second-order valence-electron chi connectivity index (χ2n) is 6.37. The van der Waals surface area contributed by atoms with E-state index in [0.717, 1.165) is 16.9 Å². The highest BCUT2D eigenvalue weighted by molar-refractivity contribution is 5.91. The Morgan fingerprint density at radius 3 is 2.47 bits per heavy atom. The van der Waals surface area contributed by atoms with Gasteiger partial charge in [0.25, 0.3) is 5.91 Å². The van der Waals surface area contributed by atoms with Gasteiger partial charge in [0.2, 0.25) is 0 Å². The molecule has 148 valence electrons. The standard InChI is InChI=1S/C22H18N6O2/c23-18-4-2-1-3-17(18)19-12-21(27-13-26-19)28-14-5-7-15(8-6-14)30-16-9-10-25-20(11-16)22(24)29/h1-13H,23H2,(H2,24,29)(H,26,27,28). The van der Waals surface area contributed by atoms with Gasteiger partial charge in [0.15, 0.2) is 0 Å².